The second-order valence-electron chi connectivity index (χ2n) is 9.92. The number of anilines is 1. The molecule has 174 valence electrons. The fourth-order valence-corrected chi connectivity index (χ4v) is 6.52. The number of fused-ring (bicyclic) bond motifs is 1. The molecule has 9 heteroatoms. The van der Waals surface area contributed by atoms with Gasteiger partial charge in [0.05, 0.1) is 11.9 Å². The predicted molar refractivity (Wildman–Crippen MR) is 129 cm³/mol. The highest BCUT2D eigenvalue weighted by Crippen LogP contribution is 2.53. The lowest BCUT2D eigenvalue weighted by Gasteiger charge is -2.37. The number of hydrogen-bond donors (Lipinski definition) is 2. The highest BCUT2D eigenvalue weighted by Gasteiger charge is 2.45. The first kappa shape index (κ1) is 21.0. The molecule has 2 fully saturated rings. The van der Waals surface area contributed by atoms with E-state index in [0.29, 0.717) is 16.3 Å². The summed E-state index contributed by atoms with van der Waals surface area (Å²) in [6.07, 6.45) is 11.6. The van der Waals surface area contributed by atoms with Gasteiger partial charge in [0.25, 0.3) is 11.5 Å². The quantitative estimate of drug-likeness (QED) is 0.718. The molecule has 1 atom stereocenters. The monoisotopic (exact) mass is 466 g/mol. The van der Waals surface area contributed by atoms with Crippen LogP contribution in [0.25, 0.3) is 5.57 Å². The number of aryl methyl sites for hydroxylation is 1. The van der Waals surface area contributed by atoms with Gasteiger partial charge in [0.2, 0.25) is 0 Å². The maximum atomic E-state index is 12.8. The number of carbonyl (C=O) groups excluding carboxylic acids is 1. The van der Waals surface area contributed by atoms with Gasteiger partial charge in [-0.25, -0.2) is 9.97 Å². The summed E-state index contributed by atoms with van der Waals surface area (Å²) in [4.78, 5) is 42.5. The second-order valence-corrected chi connectivity index (χ2v) is 10.9. The number of allylic oxidation sites excluding steroid dienone is 1. The number of piperazine rings is 1. The molecule has 1 saturated heterocycles. The van der Waals surface area contributed by atoms with Crippen molar-refractivity contribution >= 4 is 27.9 Å². The summed E-state index contributed by atoms with van der Waals surface area (Å²) in [5, 5.41) is 3.57. The van der Waals surface area contributed by atoms with E-state index in [1.165, 1.54) is 36.2 Å². The van der Waals surface area contributed by atoms with E-state index >= 15 is 0 Å². The van der Waals surface area contributed by atoms with E-state index in [1.54, 1.807) is 13.2 Å². The van der Waals surface area contributed by atoms with Gasteiger partial charge in [-0.1, -0.05) is 17.4 Å². The van der Waals surface area contributed by atoms with E-state index in [9.17, 15) is 9.59 Å². The third-order valence-corrected chi connectivity index (χ3v) is 8.96. The molecule has 2 aromatic heterocycles. The molecule has 0 radical (unpaired) electrons. The molecule has 1 aliphatic heterocycles. The van der Waals surface area contributed by atoms with Crippen LogP contribution in [-0.2, 0) is 12.8 Å². The molecular weight excluding hydrogens is 436 g/mol. The summed E-state index contributed by atoms with van der Waals surface area (Å²) >= 11 is 1.45. The van der Waals surface area contributed by atoms with Gasteiger partial charge in [-0.3, -0.25) is 14.5 Å². The molecule has 3 aliphatic carbocycles. The van der Waals surface area contributed by atoms with Crippen molar-refractivity contribution in [3.8, 4) is 0 Å². The third-order valence-electron chi connectivity index (χ3n) is 7.91. The molecule has 3 heterocycles. The fourth-order valence-electron chi connectivity index (χ4n) is 5.61. The van der Waals surface area contributed by atoms with E-state index in [4.69, 9.17) is 4.98 Å². The van der Waals surface area contributed by atoms with Crippen molar-refractivity contribution in [3.63, 3.8) is 0 Å². The number of aromatic nitrogens is 3. The van der Waals surface area contributed by atoms with Crippen LogP contribution in [0.5, 0.6) is 0 Å². The number of H-pyrrole nitrogens is 1. The summed E-state index contributed by atoms with van der Waals surface area (Å²) in [7, 11) is 1.64. The number of nitrogens with one attached hydrogen (secondary N) is 2. The van der Waals surface area contributed by atoms with Crippen LogP contribution in [0.3, 0.4) is 0 Å². The van der Waals surface area contributed by atoms with E-state index in [1.807, 2.05) is 0 Å². The summed E-state index contributed by atoms with van der Waals surface area (Å²) in [6, 6.07) is 0.385. The molecule has 8 nitrogen and oxygen atoms in total. The van der Waals surface area contributed by atoms with Crippen LogP contribution in [0.2, 0.25) is 0 Å². The van der Waals surface area contributed by atoms with E-state index in [0.717, 1.165) is 74.1 Å². The van der Waals surface area contributed by atoms with Crippen LogP contribution >= 0.6 is 11.3 Å². The zero-order valence-corrected chi connectivity index (χ0v) is 19.8. The maximum Gasteiger partial charge on any atom is 0.262 e. The van der Waals surface area contributed by atoms with Gasteiger partial charge in [-0.15, -0.1) is 0 Å². The number of thiazole rings is 1. The molecular formula is C24H30N6O2S. The average molecular weight is 467 g/mol. The van der Waals surface area contributed by atoms with Crippen LogP contribution in [0.15, 0.2) is 17.1 Å². The largest absolute Gasteiger partial charge is 0.354 e. The van der Waals surface area contributed by atoms with Gasteiger partial charge in [-0.2, -0.15) is 0 Å². The number of nitrogens with zero attached hydrogens (tertiary/aromatic N) is 4. The topological polar surface area (TPSA) is 94.2 Å². The van der Waals surface area contributed by atoms with E-state index in [2.05, 4.69) is 31.2 Å². The molecule has 1 amide bonds. The molecule has 33 heavy (non-hydrogen) atoms. The molecule has 1 saturated carbocycles. The highest BCUT2D eigenvalue weighted by atomic mass is 32.1. The first-order chi connectivity index (χ1) is 16.0. The number of carbonyl (C=O) groups is 1. The Morgan fingerprint density at radius 2 is 2.03 bits per heavy atom. The van der Waals surface area contributed by atoms with Crippen LogP contribution < -0.4 is 15.8 Å². The lowest BCUT2D eigenvalue weighted by molar-refractivity contribution is 0.0967. The van der Waals surface area contributed by atoms with Crippen LogP contribution in [-0.4, -0.2) is 65.0 Å². The minimum absolute atomic E-state index is 0.0816. The van der Waals surface area contributed by atoms with Gasteiger partial charge >= 0.3 is 0 Å². The van der Waals surface area contributed by atoms with Crippen molar-refractivity contribution < 1.29 is 4.79 Å². The van der Waals surface area contributed by atoms with Crippen molar-refractivity contribution in [2.75, 3.05) is 38.1 Å². The normalized spacial score (nSPS) is 24.0. The third kappa shape index (κ3) is 3.91. The Hall–Kier alpha value is -2.52. The molecule has 1 spiro atoms. The Morgan fingerprint density at radius 1 is 1.21 bits per heavy atom. The smallest absolute Gasteiger partial charge is 0.262 e. The lowest BCUT2D eigenvalue weighted by atomic mass is 9.84. The fraction of sp³-hybridized carbons (Fsp3) is 0.583. The SMILES string of the molecule is CNC(=O)c1cnc(N2CCN([C@H]3C=C(c4nc5c(c(=O)[nH]4)CC4(CC5)CC4)CC3)CC2)s1. The Kier molecular flexibility index (Phi) is 5.14. The van der Waals surface area contributed by atoms with Crippen LogP contribution in [0.4, 0.5) is 5.13 Å². The molecule has 0 unspecified atom stereocenters. The molecule has 6 rings (SSSR count). The minimum Gasteiger partial charge on any atom is -0.354 e. The Labute approximate surface area is 197 Å². The first-order valence-corrected chi connectivity index (χ1v) is 12.9. The van der Waals surface area contributed by atoms with Crippen molar-refractivity contribution in [3.05, 3.63) is 44.6 Å². The van der Waals surface area contributed by atoms with Crippen molar-refractivity contribution in [2.24, 2.45) is 5.41 Å². The zero-order chi connectivity index (χ0) is 22.6. The predicted octanol–water partition coefficient (Wildman–Crippen LogP) is 2.22. The van der Waals surface area contributed by atoms with Crippen LogP contribution in [0.1, 0.15) is 58.9 Å². The van der Waals surface area contributed by atoms with Crippen molar-refractivity contribution in [2.45, 2.75) is 51.0 Å². The van der Waals surface area contributed by atoms with Crippen LogP contribution in [0, 0.1) is 5.41 Å². The molecule has 4 aliphatic rings. The Balaban J connectivity index is 1.12. The molecule has 0 bridgehead atoms. The number of amides is 1. The lowest BCUT2D eigenvalue weighted by Crippen LogP contribution is -2.49. The first-order valence-electron chi connectivity index (χ1n) is 12.0. The summed E-state index contributed by atoms with van der Waals surface area (Å²) in [5.74, 6) is 0.707. The van der Waals surface area contributed by atoms with Gasteiger partial charge in [0, 0.05) is 44.8 Å². The Morgan fingerprint density at radius 3 is 2.79 bits per heavy atom. The molecule has 2 aromatic rings. The van der Waals surface area contributed by atoms with Crippen molar-refractivity contribution in [1.82, 2.24) is 25.2 Å². The van der Waals surface area contributed by atoms with E-state index < -0.39 is 0 Å². The van der Waals surface area contributed by atoms with Gasteiger partial charge in [0.15, 0.2) is 5.13 Å². The van der Waals surface area contributed by atoms with E-state index in [-0.39, 0.29) is 11.5 Å². The standard InChI is InChI=1S/C24H30N6O2S/c1-25-22(32)19-14-26-23(33-19)30-10-8-29(9-11-30)16-3-2-15(12-16)20-27-18-4-5-24(6-7-24)13-17(18)21(31)28-20/h12,14,16H,2-11,13H2,1H3,(H,25,32)(H,27,28,31)/t16-/m1/s1. The van der Waals surface area contributed by atoms with Gasteiger partial charge in [0.1, 0.15) is 10.7 Å². The minimum atomic E-state index is -0.0816. The van der Waals surface area contributed by atoms with Gasteiger partial charge in [-0.05, 0) is 55.9 Å². The van der Waals surface area contributed by atoms with Crippen molar-refractivity contribution in [1.29, 1.82) is 0 Å². The second kappa shape index (κ2) is 8.06. The van der Waals surface area contributed by atoms with Gasteiger partial charge < -0.3 is 15.2 Å². The summed E-state index contributed by atoms with van der Waals surface area (Å²) in [5.41, 5.74) is 3.66. The maximum absolute atomic E-state index is 12.8. The summed E-state index contributed by atoms with van der Waals surface area (Å²) in [6.45, 7) is 3.71. The molecule has 0 aromatic carbocycles. The summed E-state index contributed by atoms with van der Waals surface area (Å²) < 4.78 is 0. The Bertz CT molecular complexity index is 1170. The zero-order valence-electron chi connectivity index (χ0n) is 19.0. The highest BCUT2D eigenvalue weighted by molar-refractivity contribution is 7.17. The number of hydrogen-bond acceptors (Lipinski definition) is 7. The molecule has 2 N–H and O–H groups in total. The number of aromatic amines is 1. The average Bonchev–Trinajstić information content (AvgIpc) is 3.23. The number of rotatable bonds is 4.